The highest BCUT2D eigenvalue weighted by Gasteiger charge is 2.16. The molecule has 1 aromatic carbocycles. The normalized spacial score (nSPS) is 15.8. The molecule has 6 heteroatoms. The van der Waals surface area contributed by atoms with E-state index in [0.29, 0.717) is 12.1 Å². The number of benzene rings is 1. The van der Waals surface area contributed by atoms with Gasteiger partial charge in [-0.05, 0) is 36.6 Å². The molecule has 1 aromatic rings. The van der Waals surface area contributed by atoms with E-state index in [2.05, 4.69) is 10.6 Å². The number of nitrogens with one attached hydrogen (secondary N) is 2. The van der Waals surface area contributed by atoms with Crippen LogP contribution < -0.4 is 16.4 Å². The number of methoxy groups -OCH3 is 1. The van der Waals surface area contributed by atoms with E-state index < -0.39 is 6.04 Å². The van der Waals surface area contributed by atoms with E-state index in [1.807, 2.05) is 6.07 Å². The summed E-state index contributed by atoms with van der Waals surface area (Å²) < 4.78 is 4.85. The fraction of sp³-hybridized carbons (Fsp3) is 0.429. The molecule has 0 saturated heterocycles. The SMILES string of the molecule is COCC(N)C(=O)Nc1ccc2c(c1)CCCC(=O)N2. The molecule has 0 bridgehead atoms. The summed E-state index contributed by atoms with van der Waals surface area (Å²) in [5.74, 6) is -0.257. The molecule has 1 unspecified atom stereocenters. The predicted octanol–water partition coefficient (Wildman–Crippen LogP) is 0.874. The maximum Gasteiger partial charge on any atom is 0.243 e. The van der Waals surface area contributed by atoms with Crippen LogP contribution in [0.2, 0.25) is 0 Å². The minimum atomic E-state index is -0.696. The van der Waals surface area contributed by atoms with Crippen LogP contribution in [0.4, 0.5) is 11.4 Å². The molecule has 6 nitrogen and oxygen atoms in total. The van der Waals surface area contributed by atoms with Gasteiger partial charge in [0, 0.05) is 24.9 Å². The third kappa shape index (κ3) is 3.55. The van der Waals surface area contributed by atoms with E-state index in [-0.39, 0.29) is 18.4 Å². The minimum absolute atomic E-state index is 0.0302. The fourth-order valence-electron chi connectivity index (χ4n) is 2.14. The maximum atomic E-state index is 11.8. The summed E-state index contributed by atoms with van der Waals surface area (Å²) in [5, 5.41) is 5.60. The lowest BCUT2D eigenvalue weighted by molar-refractivity contribution is -0.118. The van der Waals surface area contributed by atoms with E-state index >= 15 is 0 Å². The van der Waals surface area contributed by atoms with Crippen molar-refractivity contribution in [3.8, 4) is 0 Å². The lowest BCUT2D eigenvalue weighted by Gasteiger charge is -2.13. The molecule has 1 atom stereocenters. The Kier molecular flexibility index (Phi) is 4.70. The van der Waals surface area contributed by atoms with Gasteiger partial charge in [0.1, 0.15) is 6.04 Å². The van der Waals surface area contributed by atoms with Gasteiger partial charge in [-0.15, -0.1) is 0 Å². The number of aryl methyl sites for hydroxylation is 1. The molecular formula is C14H19N3O3. The first-order chi connectivity index (χ1) is 9.60. The molecule has 0 aliphatic carbocycles. The largest absolute Gasteiger partial charge is 0.383 e. The molecule has 4 N–H and O–H groups in total. The highest BCUT2D eigenvalue weighted by Crippen LogP contribution is 2.25. The number of anilines is 2. The van der Waals surface area contributed by atoms with Crippen LogP contribution in [0.1, 0.15) is 18.4 Å². The molecule has 0 aromatic heterocycles. The number of rotatable bonds is 4. The summed E-state index contributed by atoms with van der Waals surface area (Å²) in [5.41, 5.74) is 8.17. The zero-order valence-corrected chi connectivity index (χ0v) is 11.4. The van der Waals surface area contributed by atoms with Gasteiger partial charge in [-0.25, -0.2) is 0 Å². The molecule has 0 radical (unpaired) electrons. The van der Waals surface area contributed by atoms with Gasteiger partial charge in [0.25, 0.3) is 0 Å². The van der Waals surface area contributed by atoms with Gasteiger partial charge in [0.15, 0.2) is 0 Å². The average Bonchev–Trinajstić information content (AvgIpc) is 2.59. The molecule has 2 rings (SSSR count). The Morgan fingerprint density at radius 2 is 2.30 bits per heavy atom. The van der Waals surface area contributed by atoms with Gasteiger partial charge < -0.3 is 21.1 Å². The molecular weight excluding hydrogens is 258 g/mol. The van der Waals surface area contributed by atoms with Crippen molar-refractivity contribution < 1.29 is 14.3 Å². The molecule has 1 aliphatic rings. The lowest BCUT2D eigenvalue weighted by Crippen LogP contribution is -2.39. The van der Waals surface area contributed by atoms with Crippen molar-refractivity contribution in [1.82, 2.24) is 0 Å². The van der Waals surface area contributed by atoms with E-state index in [9.17, 15) is 9.59 Å². The topological polar surface area (TPSA) is 93.4 Å². The van der Waals surface area contributed by atoms with Crippen LogP contribution in [0.25, 0.3) is 0 Å². The van der Waals surface area contributed by atoms with Gasteiger partial charge in [-0.2, -0.15) is 0 Å². The average molecular weight is 277 g/mol. The number of carbonyl (C=O) groups is 2. The zero-order chi connectivity index (χ0) is 14.5. The quantitative estimate of drug-likeness (QED) is 0.761. The van der Waals surface area contributed by atoms with Crippen LogP contribution in [0.15, 0.2) is 18.2 Å². The number of amides is 2. The van der Waals surface area contributed by atoms with Crippen LogP contribution in [0, 0.1) is 0 Å². The highest BCUT2D eigenvalue weighted by atomic mass is 16.5. The van der Waals surface area contributed by atoms with Gasteiger partial charge in [-0.1, -0.05) is 0 Å². The molecule has 0 saturated carbocycles. The predicted molar refractivity (Wildman–Crippen MR) is 76.5 cm³/mol. The second-order valence-corrected chi connectivity index (χ2v) is 4.82. The lowest BCUT2D eigenvalue weighted by atomic mass is 10.1. The Balaban J connectivity index is 2.09. The van der Waals surface area contributed by atoms with Gasteiger partial charge in [0.05, 0.1) is 6.61 Å². The standard InChI is InChI=1S/C14H19N3O3/c1-20-8-11(15)14(19)16-10-5-6-12-9(7-10)3-2-4-13(18)17-12/h5-7,11H,2-4,8,15H2,1H3,(H,16,19)(H,17,18). The number of ether oxygens (including phenoxy) is 1. The van der Waals surface area contributed by atoms with Crippen molar-refractivity contribution in [2.75, 3.05) is 24.4 Å². The van der Waals surface area contributed by atoms with Crippen molar-refractivity contribution >= 4 is 23.2 Å². The molecule has 1 aliphatic heterocycles. The number of hydrogen-bond acceptors (Lipinski definition) is 4. The first-order valence-electron chi connectivity index (χ1n) is 6.58. The number of fused-ring (bicyclic) bond motifs is 1. The first kappa shape index (κ1) is 14.5. The van der Waals surface area contributed by atoms with Crippen molar-refractivity contribution in [2.24, 2.45) is 5.73 Å². The van der Waals surface area contributed by atoms with Crippen molar-refractivity contribution in [1.29, 1.82) is 0 Å². The van der Waals surface area contributed by atoms with Crippen LogP contribution in [0.5, 0.6) is 0 Å². The van der Waals surface area contributed by atoms with E-state index in [4.69, 9.17) is 10.5 Å². The van der Waals surface area contributed by atoms with E-state index in [0.717, 1.165) is 24.1 Å². The fourth-order valence-corrected chi connectivity index (χ4v) is 2.14. The van der Waals surface area contributed by atoms with E-state index in [1.165, 1.54) is 7.11 Å². The first-order valence-corrected chi connectivity index (χ1v) is 6.58. The van der Waals surface area contributed by atoms with Gasteiger partial charge in [0.2, 0.25) is 11.8 Å². The summed E-state index contributed by atoms with van der Waals surface area (Å²) >= 11 is 0. The minimum Gasteiger partial charge on any atom is -0.383 e. The number of nitrogens with two attached hydrogens (primary N) is 1. The van der Waals surface area contributed by atoms with Gasteiger partial charge >= 0.3 is 0 Å². The third-order valence-corrected chi connectivity index (χ3v) is 3.18. The smallest absolute Gasteiger partial charge is 0.243 e. The molecule has 2 amide bonds. The van der Waals surface area contributed by atoms with Crippen LogP contribution in [-0.2, 0) is 20.7 Å². The summed E-state index contributed by atoms with van der Waals surface area (Å²) in [6, 6.07) is 4.73. The summed E-state index contributed by atoms with van der Waals surface area (Å²) in [6.45, 7) is 0.173. The Morgan fingerprint density at radius 3 is 3.05 bits per heavy atom. The zero-order valence-electron chi connectivity index (χ0n) is 11.4. The molecule has 1 heterocycles. The second-order valence-electron chi connectivity index (χ2n) is 4.82. The van der Waals surface area contributed by atoms with Crippen molar-refractivity contribution in [3.05, 3.63) is 23.8 Å². The van der Waals surface area contributed by atoms with Crippen LogP contribution in [-0.4, -0.2) is 31.6 Å². The third-order valence-electron chi connectivity index (χ3n) is 3.18. The second kappa shape index (κ2) is 6.49. The van der Waals surface area contributed by atoms with Crippen LogP contribution in [0.3, 0.4) is 0 Å². The Morgan fingerprint density at radius 1 is 1.50 bits per heavy atom. The maximum absolute atomic E-state index is 11.8. The Bertz CT molecular complexity index is 516. The summed E-state index contributed by atoms with van der Waals surface area (Å²) in [4.78, 5) is 23.3. The number of carbonyl (C=O) groups excluding carboxylic acids is 2. The van der Waals surface area contributed by atoms with Crippen molar-refractivity contribution in [3.63, 3.8) is 0 Å². The van der Waals surface area contributed by atoms with E-state index in [1.54, 1.807) is 12.1 Å². The Hall–Kier alpha value is -1.92. The highest BCUT2D eigenvalue weighted by molar-refractivity contribution is 5.96. The van der Waals surface area contributed by atoms with Crippen LogP contribution >= 0.6 is 0 Å². The monoisotopic (exact) mass is 277 g/mol. The Labute approximate surface area is 117 Å². The number of hydrogen-bond donors (Lipinski definition) is 3. The molecule has 0 fully saturated rings. The molecule has 0 spiro atoms. The summed E-state index contributed by atoms with van der Waals surface area (Å²) in [6.07, 6.45) is 2.14. The van der Waals surface area contributed by atoms with Gasteiger partial charge in [-0.3, -0.25) is 9.59 Å². The molecule has 20 heavy (non-hydrogen) atoms. The van der Waals surface area contributed by atoms with Crippen molar-refractivity contribution in [2.45, 2.75) is 25.3 Å². The summed E-state index contributed by atoms with van der Waals surface area (Å²) in [7, 11) is 1.50. The molecule has 108 valence electrons.